The van der Waals surface area contributed by atoms with E-state index in [2.05, 4.69) is 34.2 Å². The van der Waals surface area contributed by atoms with E-state index in [1.807, 2.05) is 30.3 Å². The van der Waals surface area contributed by atoms with Gasteiger partial charge in [0.15, 0.2) is 0 Å². The van der Waals surface area contributed by atoms with E-state index in [0.717, 1.165) is 28.0 Å². The number of imidazole rings is 1. The fourth-order valence-electron chi connectivity index (χ4n) is 2.80. The normalized spacial score (nSPS) is 10.8. The molecule has 0 atom stereocenters. The van der Waals surface area contributed by atoms with Crippen LogP contribution in [0.15, 0.2) is 72.8 Å². The molecule has 3 aromatic carbocycles. The van der Waals surface area contributed by atoms with E-state index in [1.54, 1.807) is 23.7 Å². The molecular weight excluding hydrogens is 314 g/mol. The molecule has 0 aliphatic heterocycles. The van der Waals surface area contributed by atoms with Crippen molar-refractivity contribution in [1.29, 1.82) is 0 Å². The molecule has 122 valence electrons. The number of carbonyl (C=O) groups is 1. The lowest BCUT2D eigenvalue weighted by atomic mass is 10.0. The zero-order chi connectivity index (χ0) is 17.2. The van der Waals surface area contributed by atoms with Crippen LogP contribution in [0.4, 0.5) is 0 Å². The maximum Gasteiger partial charge on any atom is 0.274 e. The summed E-state index contributed by atoms with van der Waals surface area (Å²) in [5.74, 6) is 0.182. The van der Waals surface area contributed by atoms with Gasteiger partial charge in [-0.1, -0.05) is 54.6 Å². The van der Waals surface area contributed by atoms with Crippen LogP contribution in [0.3, 0.4) is 0 Å². The third-order valence-electron chi connectivity index (χ3n) is 4.11. The minimum Gasteiger partial charge on any atom is -0.338 e. The van der Waals surface area contributed by atoms with Crippen LogP contribution in [0, 0.1) is 0 Å². The lowest BCUT2D eigenvalue weighted by Crippen LogP contribution is -2.18. The quantitative estimate of drug-likeness (QED) is 0.392. The molecule has 5 heteroatoms. The van der Waals surface area contributed by atoms with Crippen LogP contribution < -0.4 is 5.48 Å². The highest BCUT2D eigenvalue weighted by Crippen LogP contribution is 2.25. The van der Waals surface area contributed by atoms with Gasteiger partial charge in [0.05, 0.1) is 11.0 Å². The Morgan fingerprint density at radius 3 is 2.28 bits per heavy atom. The molecule has 4 aromatic rings. The number of hydrogen-bond donors (Lipinski definition) is 3. The molecule has 5 nitrogen and oxygen atoms in total. The average Bonchev–Trinajstić information content (AvgIpc) is 3.11. The van der Waals surface area contributed by atoms with Gasteiger partial charge in [-0.3, -0.25) is 10.0 Å². The van der Waals surface area contributed by atoms with E-state index < -0.39 is 5.91 Å². The van der Waals surface area contributed by atoms with Crippen molar-refractivity contribution in [3.63, 3.8) is 0 Å². The minimum atomic E-state index is -0.551. The molecule has 0 saturated heterocycles. The van der Waals surface area contributed by atoms with E-state index in [-0.39, 0.29) is 0 Å². The molecule has 0 bridgehead atoms. The van der Waals surface area contributed by atoms with Gasteiger partial charge >= 0.3 is 0 Å². The van der Waals surface area contributed by atoms with Gasteiger partial charge in [-0.15, -0.1) is 0 Å². The SMILES string of the molecule is O=C(NO)c1ccc2nc(-c3ccc(-c4ccccc4)cc3)[nH]c2c1. The van der Waals surface area contributed by atoms with Crippen LogP contribution in [-0.4, -0.2) is 21.1 Å². The van der Waals surface area contributed by atoms with E-state index >= 15 is 0 Å². The molecule has 1 amide bonds. The Balaban J connectivity index is 1.68. The van der Waals surface area contributed by atoms with Gasteiger partial charge in [0.2, 0.25) is 0 Å². The third-order valence-corrected chi connectivity index (χ3v) is 4.11. The van der Waals surface area contributed by atoms with Crippen LogP contribution in [0.25, 0.3) is 33.5 Å². The van der Waals surface area contributed by atoms with Gasteiger partial charge in [0, 0.05) is 11.1 Å². The Hall–Kier alpha value is -3.44. The zero-order valence-corrected chi connectivity index (χ0v) is 13.2. The number of carbonyl (C=O) groups excluding carboxylic acids is 1. The zero-order valence-electron chi connectivity index (χ0n) is 13.2. The second-order valence-electron chi connectivity index (χ2n) is 5.70. The number of nitrogens with zero attached hydrogens (tertiary/aromatic N) is 1. The number of hydrogen-bond acceptors (Lipinski definition) is 3. The summed E-state index contributed by atoms with van der Waals surface area (Å²) in [7, 11) is 0. The van der Waals surface area contributed by atoms with Crippen molar-refractivity contribution < 1.29 is 10.0 Å². The molecule has 4 rings (SSSR count). The number of H-pyrrole nitrogens is 1. The van der Waals surface area contributed by atoms with Gasteiger partial charge in [-0.2, -0.15) is 0 Å². The first-order chi connectivity index (χ1) is 12.2. The maximum atomic E-state index is 11.5. The Morgan fingerprint density at radius 2 is 1.56 bits per heavy atom. The van der Waals surface area contributed by atoms with Crippen molar-refractivity contribution in [2.75, 3.05) is 0 Å². The van der Waals surface area contributed by atoms with E-state index in [1.165, 1.54) is 5.56 Å². The van der Waals surface area contributed by atoms with Crippen molar-refractivity contribution in [2.45, 2.75) is 0 Å². The average molecular weight is 329 g/mol. The largest absolute Gasteiger partial charge is 0.338 e. The number of aromatic amines is 1. The van der Waals surface area contributed by atoms with Crippen LogP contribution in [-0.2, 0) is 0 Å². The predicted octanol–water partition coefficient (Wildman–Crippen LogP) is 4.02. The van der Waals surface area contributed by atoms with Crippen molar-refractivity contribution >= 4 is 16.9 Å². The number of nitrogens with one attached hydrogen (secondary N) is 2. The van der Waals surface area contributed by atoms with Crippen molar-refractivity contribution in [3.8, 4) is 22.5 Å². The molecule has 0 radical (unpaired) electrons. The molecule has 0 aliphatic rings. The van der Waals surface area contributed by atoms with Crippen LogP contribution in [0.5, 0.6) is 0 Å². The standard InChI is InChI=1S/C20H15N3O2/c24-20(23-25)16-10-11-17-18(12-16)22-19(21-17)15-8-6-14(7-9-15)13-4-2-1-3-5-13/h1-12,25H,(H,21,22)(H,23,24). The topological polar surface area (TPSA) is 78.0 Å². The monoisotopic (exact) mass is 329 g/mol. The summed E-state index contributed by atoms with van der Waals surface area (Å²) < 4.78 is 0. The Labute approximate surface area is 143 Å². The number of hydroxylamine groups is 1. The molecule has 0 fully saturated rings. The third kappa shape index (κ3) is 2.88. The lowest BCUT2D eigenvalue weighted by Gasteiger charge is -2.02. The first-order valence-corrected chi connectivity index (χ1v) is 7.85. The van der Waals surface area contributed by atoms with Gasteiger partial charge < -0.3 is 4.98 Å². The number of amides is 1. The summed E-state index contributed by atoms with van der Waals surface area (Å²) in [5.41, 5.74) is 6.77. The summed E-state index contributed by atoms with van der Waals surface area (Å²) in [4.78, 5) is 19.3. The summed E-state index contributed by atoms with van der Waals surface area (Å²) in [6.45, 7) is 0. The first-order valence-electron chi connectivity index (χ1n) is 7.85. The second-order valence-corrected chi connectivity index (χ2v) is 5.70. The molecule has 0 spiro atoms. The van der Waals surface area contributed by atoms with Crippen molar-refractivity contribution in [3.05, 3.63) is 78.4 Å². The van der Waals surface area contributed by atoms with Gasteiger partial charge in [-0.25, -0.2) is 10.5 Å². The number of benzene rings is 3. The Morgan fingerprint density at radius 1 is 0.880 bits per heavy atom. The number of aromatic nitrogens is 2. The van der Waals surface area contributed by atoms with Crippen molar-refractivity contribution in [2.24, 2.45) is 0 Å². The highest BCUT2D eigenvalue weighted by Gasteiger charge is 2.09. The van der Waals surface area contributed by atoms with Gasteiger partial charge in [0.1, 0.15) is 5.82 Å². The summed E-state index contributed by atoms with van der Waals surface area (Å²) in [6.07, 6.45) is 0. The highest BCUT2D eigenvalue weighted by atomic mass is 16.5. The van der Waals surface area contributed by atoms with E-state index in [9.17, 15) is 4.79 Å². The van der Waals surface area contributed by atoms with E-state index in [0.29, 0.717) is 5.56 Å². The summed E-state index contributed by atoms with van der Waals surface area (Å²) in [6, 6.07) is 23.4. The minimum absolute atomic E-state index is 0.365. The molecule has 3 N–H and O–H groups in total. The number of fused-ring (bicyclic) bond motifs is 1. The van der Waals surface area contributed by atoms with Crippen LogP contribution in [0.1, 0.15) is 10.4 Å². The molecule has 0 unspecified atom stereocenters. The fraction of sp³-hybridized carbons (Fsp3) is 0. The van der Waals surface area contributed by atoms with E-state index in [4.69, 9.17) is 5.21 Å². The van der Waals surface area contributed by atoms with Crippen LogP contribution >= 0.6 is 0 Å². The molecule has 0 aliphatic carbocycles. The maximum absolute atomic E-state index is 11.5. The molecule has 1 heterocycles. The van der Waals surface area contributed by atoms with Gasteiger partial charge in [-0.05, 0) is 29.3 Å². The molecule has 0 saturated carbocycles. The molecule has 25 heavy (non-hydrogen) atoms. The lowest BCUT2D eigenvalue weighted by molar-refractivity contribution is 0.0706. The predicted molar refractivity (Wildman–Crippen MR) is 96.2 cm³/mol. The molecule has 1 aromatic heterocycles. The Bertz CT molecular complexity index is 1040. The Kier molecular flexibility index (Phi) is 3.76. The van der Waals surface area contributed by atoms with Crippen molar-refractivity contribution in [1.82, 2.24) is 15.4 Å². The van der Waals surface area contributed by atoms with Crippen LogP contribution in [0.2, 0.25) is 0 Å². The molecular formula is C20H15N3O2. The second kappa shape index (κ2) is 6.22. The number of rotatable bonds is 3. The highest BCUT2D eigenvalue weighted by molar-refractivity contribution is 5.97. The first kappa shape index (κ1) is 15.1. The smallest absolute Gasteiger partial charge is 0.274 e. The fourth-order valence-corrected chi connectivity index (χ4v) is 2.80. The summed E-state index contributed by atoms with van der Waals surface area (Å²) in [5, 5.41) is 8.74. The van der Waals surface area contributed by atoms with Gasteiger partial charge in [0.25, 0.3) is 5.91 Å². The summed E-state index contributed by atoms with van der Waals surface area (Å²) >= 11 is 0.